The van der Waals surface area contributed by atoms with Crippen LogP contribution in [0.3, 0.4) is 0 Å². The summed E-state index contributed by atoms with van der Waals surface area (Å²) in [6, 6.07) is 4.63. The van der Waals surface area contributed by atoms with Gasteiger partial charge < -0.3 is 10.2 Å². The van der Waals surface area contributed by atoms with E-state index >= 15 is 0 Å². The first-order chi connectivity index (χ1) is 16.1. The number of carbonyl (C=O) groups excluding carboxylic acids is 1. The van der Waals surface area contributed by atoms with Gasteiger partial charge in [-0.05, 0) is 74.5 Å². The highest BCUT2D eigenvalue weighted by Crippen LogP contribution is 2.59. The maximum absolute atomic E-state index is 13.1. The predicted octanol–water partition coefficient (Wildman–Crippen LogP) is 3.81. The summed E-state index contributed by atoms with van der Waals surface area (Å²) in [5, 5.41) is 3.98. The molecule has 0 radical (unpaired) electrons. The molecule has 1 N–H and O–H groups in total. The number of hydrogen-bond donors (Lipinski definition) is 1. The number of fused-ring (bicyclic) bond motifs is 2. The van der Waals surface area contributed by atoms with Crippen LogP contribution in [-0.4, -0.2) is 49.7 Å². The van der Waals surface area contributed by atoms with Crippen LogP contribution >= 0.6 is 0 Å². The van der Waals surface area contributed by atoms with Gasteiger partial charge in [0, 0.05) is 24.7 Å². The molecule has 1 amide bonds. The molecule has 182 valence electrons. The van der Waals surface area contributed by atoms with Gasteiger partial charge in [-0.15, -0.1) is 0 Å². The predicted molar refractivity (Wildman–Crippen MR) is 133 cm³/mol. The number of sulfone groups is 1. The Hall–Kier alpha value is -2.48. The number of rotatable bonds is 6. The fourth-order valence-electron chi connectivity index (χ4n) is 6.10. The highest BCUT2D eigenvalue weighted by molar-refractivity contribution is 7.90. The summed E-state index contributed by atoms with van der Waals surface area (Å²) < 4.78 is 24.0. The molecule has 2 bridgehead atoms. The van der Waals surface area contributed by atoms with Crippen molar-refractivity contribution < 1.29 is 13.2 Å². The minimum Gasteiger partial charge on any atom is -0.354 e. The second-order valence-electron chi connectivity index (χ2n) is 10.8. The van der Waals surface area contributed by atoms with Crippen LogP contribution in [0, 0.1) is 24.2 Å². The van der Waals surface area contributed by atoms with Gasteiger partial charge in [-0.3, -0.25) is 4.79 Å². The number of hydrogen-bond acceptors (Lipinski definition) is 6. The zero-order valence-corrected chi connectivity index (χ0v) is 21.3. The molecule has 1 saturated carbocycles. The molecular weight excluding hydrogens is 448 g/mol. The number of aromatic nitrogens is 2. The molecule has 4 aliphatic rings. The van der Waals surface area contributed by atoms with Crippen molar-refractivity contribution in [2.75, 3.05) is 24.2 Å². The van der Waals surface area contributed by atoms with Gasteiger partial charge in [0.15, 0.2) is 9.84 Å². The van der Waals surface area contributed by atoms with Crippen LogP contribution in [0.4, 0.5) is 5.95 Å². The highest BCUT2D eigenvalue weighted by Gasteiger charge is 2.50. The van der Waals surface area contributed by atoms with Gasteiger partial charge in [-0.1, -0.05) is 25.5 Å². The number of allylic oxidation sites excluding steroid dienone is 1. The monoisotopic (exact) mass is 482 g/mol. The molecule has 1 aromatic heterocycles. The molecule has 1 saturated heterocycles. The van der Waals surface area contributed by atoms with Gasteiger partial charge in [0.05, 0.1) is 16.1 Å². The Morgan fingerprint density at radius 1 is 1.26 bits per heavy atom. The first kappa shape index (κ1) is 23.3. The van der Waals surface area contributed by atoms with E-state index in [1.165, 1.54) is 24.7 Å². The molecule has 1 aliphatic heterocycles. The smallest absolute Gasteiger partial charge is 0.242 e. The molecule has 6 rings (SSSR count). The van der Waals surface area contributed by atoms with Crippen LogP contribution in [0.15, 0.2) is 34.7 Å². The lowest BCUT2D eigenvalue weighted by Crippen LogP contribution is -2.48. The third-order valence-corrected chi connectivity index (χ3v) is 9.49. The third-order valence-electron chi connectivity index (χ3n) is 8.38. The number of benzene rings is 1. The Balaban J connectivity index is 1.29. The number of anilines is 1. The van der Waals surface area contributed by atoms with Gasteiger partial charge in [0.1, 0.15) is 6.04 Å². The summed E-state index contributed by atoms with van der Waals surface area (Å²) in [5.41, 5.74) is 3.27. The highest BCUT2D eigenvalue weighted by atomic mass is 32.2. The largest absolute Gasteiger partial charge is 0.354 e. The van der Waals surface area contributed by atoms with E-state index in [-0.39, 0.29) is 16.8 Å². The van der Waals surface area contributed by atoms with Crippen molar-refractivity contribution in [2.45, 2.75) is 63.8 Å². The summed E-state index contributed by atoms with van der Waals surface area (Å²) in [6.07, 6.45) is 8.62. The Morgan fingerprint density at radius 3 is 2.76 bits per heavy atom. The normalized spacial score (nSPS) is 25.7. The Bertz CT molecular complexity index is 1280. The van der Waals surface area contributed by atoms with E-state index in [1.54, 1.807) is 18.2 Å². The van der Waals surface area contributed by atoms with Crippen LogP contribution in [0.5, 0.6) is 0 Å². The molecule has 2 fully saturated rings. The molecule has 3 atom stereocenters. The van der Waals surface area contributed by atoms with Crippen molar-refractivity contribution in [1.82, 2.24) is 15.3 Å². The van der Waals surface area contributed by atoms with E-state index < -0.39 is 9.84 Å². The standard InChI is InChI=1S/C26H34N4O3S/c1-16-20-10-9-19(34(4,32)33)15-22(20)29-25(28-16)30-13-5-6-23(30)24(31)27-12-11-17-7-8-18-14-21(17)26(18,2)3/h7,9-10,15,18,21,23H,5-6,8,11-14H2,1-4H3,(H,27,31). The van der Waals surface area contributed by atoms with Gasteiger partial charge in [-0.2, -0.15) is 0 Å². The molecule has 2 aromatic rings. The van der Waals surface area contributed by atoms with Crippen LogP contribution in [0.1, 0.15) is 51.6 Å². The summed E-state index contributed by atoms with van der Waals surface area (Å²) in [5.74, 6) is 2.00. The molecule has 8 heteroatoms. The maximum Gasteiger partial charge on any atom is 0.242 e. The minimum absolute atomic E-state index is 0.0193. The maximum atomic E-state index is 13.1. The van der Waals surface area contributed by atoms with E-state index in [1.807, 2.05) is 11.8 Å². The minimum atomic E-state index is -3.33. The first-order valence-electron chi connectivity index (χ1n) is 12.3. The number of nitrogens with zero attached hydrogens (tertiary/aromatic N) is 3. The zero-order valence-electron chi connectivity index (χ0n) is 20.5. The second-order valence-corrected chi connectivity index (χ2v) is 12.8. The Kier molecular flexibility index (Phi) is 5.70. The number of aryl methyl sites for hydroxylation is 1. The second kappa shape index (κ2) is 8.33. The average Bonchev–Trinajstić information content (AvgIpc) is 3.28. The van der Waals surface area contributed by atoms with Gasteiger partial charge >= 0.3 is 0 Å². The molecule has 3 aliphatic carbocycles. The lowest BCUT2D eigenvalue weighted by atomic mass is 9.48. The van der Waals surface area contributed by atoms with Crippen LogP contribution in [0.25, 0.3) is 10.9 Å². The van der Waals surface area contributed by atoms with Gasteiger partial charge in [-0.25, -0.2) is 18.4 Å². The number of amides is 1. The lowest BCUT2D eigenvalue weighted by Gasteiger charge is -2.56. The Labute approximate surface area is 202 Å². The van der Waals surface area contributed by atoms with Crippen molar-refractivity contribution in [3.63, 3.8) is 0 Å². The molecule has 34 heavy (non-hydrogen) atoms. The molecule has 3 unspecified atom stereocenters. The van der Waals surface area contributed by atoms with Crippen LogP contribution < -0.4 is 10.2 Å². The lowest BCUT2D eigenvalue weighted by molar-refractivity contribution is -0.122. The topological polar surface area (TPSA) is 92.3 Å². The zero-order chi connectivity index (χ0) is 24.3. The molecule has 0 spiro atoms. The SMILES string of the molecule is Cc1nc(N2CCCC2C(=O)NCCC2=CCC3CC2C3(C)C)nc2cc(S(C)(=O)=O)ccc12. The van der Waals surface area contributed by atoms with Gasteiger partial charge in [0.25, 0.3) is 0 Å². The molecule has 2 heterocycles. The van der Waals surface area contributed by atoms with E-state index in [0.29, 0.717) is 35.9 Å². The Morgan fingerprint density at radius 2 is 2.06 bits per heavy atom. The van der Waals surface area contributed by atoms with Crippen molar-refractivity contribution in [3.05, 3.63) is 35.5 Å². The summed E-state index contributed by atoms with van der Waals surface area (Å²) in [6.45, 7) is 8.00. The quantitative estimate of drug-likeness (QED) is 0.630. The average molecular weight is 483 g/mol. The fourth-order valence-corrected chi connectivity index (χ4v) is 6.74. The molecular formula is C26H34N4O3S. The number of carbonyl (C=O) groups is 1. The van der Waals surface area contributed by atoms with E-state index in [0.717, 1.165) is 36.3 Å². The van der Waals surface area contributed by atoms with Crippen molar-refractivity contribution in [2.24, 2.45) is 17.3 Å². The van der Waals surface area contributed by atoms with Crippen molar-refractivity contribution >= 4 is 32.6 Å². The van der Waals surface area contributed by atoms with Crippen LogP contribution in [0.2, 0.25) is 0 Å². The van der Waals surface area contributed by atoms with Crippen LogP contribution in [-0.2, 0) is 14.6 Å². The van der Waals surface area contributed by atoms with E-state index in [9.17, 15) is 13.2 Å². The third kappa shape index (κ3) is 4.00. The van der Waals surface area contributed by atoms with E-state index in [4.69, 9.17) is 0 Å². The first-order valence-corrected chi connectivity index (χ1v) is 14.2. The summed E-state index contributed by atoms with van der Waals surface area (Å²) in [7, 11) is -3.33. The summed E-state index contributed by atoms with van der Waals surface area (Å²) in [4.78, 5) is 24.7. The van der Waals surface area contributed by atoms with E-state index in [2.05, 4.69) is 35.2 Å². The summed E-state index contributed by atoms with van der Waals surface area (Å²) >= 11 is 0. The van der Waals surface area contributed by atoms with Crippen molar-refractivity contribution in [3.8, 4) is 0 Å². The number of nitrogens with one attached hydrogen (secondary N) is 1. The van der Waals surface area contributed by atoms with Gasteiger partial charge in [0.2, 0.25) is 11.9 Å². The molecule has 7 nitrogen and oxygen atoms in total. The van der Waals surface area contributed by atoms with Crippen molar-refractivity contribution in [1.29, 1.82) is 0 Å². The fraction of sp³-hybridized carbons (Fsp3) is 0.577. The molecule has 1 aromatic carbocycles.